The molecule has 1 aromatic carbocycles. The zero-order valence-electron chi connectivity index (χ0n) is 10.00. The number of aliphatic hydroxyl groups is 1. The van der Waals surface area contributed by atoms with Gasteiger partial charge in [-0.3, -0.25) is 0 Å². The maximum Gasteiger partial charge on any atom is 0.136 e. The molecule has 0 radical (unpaired) electrons. The van der Waals surface area contributed by atoms with Crippen LogP contribution in [0.4, 0.5) is 0 Å². The van der Waals surface area contributed by atoms with Gasteiger partial charge in [0.25, 0.3) is 0 Å². The first kappa shape index (κ1) is 11.6. The summed E-state index contributed by atoms with van der Waals surface area (Å²) >= 11 is 1.65. The van der Waals surface area contributed by atoms with Gasteiger partial charge in [-0.1, -0.05) is 6.07 Å². The number of rotatable bonds is 2. The largest absolute Gasteiger partial charge is 0.497 e. The minimum absolute atomic E-state index is 0.0547. The Bertz CT molecular complexity index is 536. The summed E-state index contributed by atoms with van der Waals surface area (Å²) in [4.78, 5) is 1.15. The van der Waals surface area contributed by atoms with Crippen LogP contribution in [0.5, 0.6) is 11.5 Å². The molecule has 0 saturated carbocycles. The Morgan fingerprint density at radius 2 is 2.28 bits per heavy atom. The minimum atomic E-state index is -0.504. The Labute approximate surface area is 110 Å². The third-order valence-electron chi connectivity index (χ3n) is 3.14. The van der Waals surface area contributed by atoms with Crippen LogP contribution < -0.4 is 9.47 Å². The van der Waals surface area contributed by atoms with E-state index in [1.807, 2.05) is 35.7 Å². The Hall–Kier alpha value is -1.52. The van der Waals surface area contributed by atoms with E-state index in [9.17, 15) is 5.11 Å². The summed E-state index contributed by atoms with van der Waals surface area (Å²) in [7, 11) is 1.62. The van der Waals surface area contributed by atoms with Crippen molar-refractivity contribution in [1.82, 2.24) is 0 Å². The molecule has 18 heavy (non-hydrogen) atoms. The van der Waals surface area contributed by atoms with E-state index in [0.29, 0.717) is 6.42 Å². The maximum atomic E-state index is 10.2. The molecule has 1 aliphatic rings. The second-order valence-corrected chi connectivity index (χ2v) is 5.26. The van der Waals surface area contributed by atoms with Gasteiger partial charge >= 0.3 is 0 Å². The van der Waals surface area contributed by atoms with Gasteiger partial charge in [0.15, 0.2) is 0 Å². The zero-order valence-corrected chi connectivity index (χ0v) is 10.8. The summed E-state index contributed by atoms with van der Waals surface area (Å²) in [5.74, 6) is 1.49. The fourth-order valence-corrected chi connectivity index (χ4v) is 2.97. The Morgan fingerprint density at radius 1 is 1.39 bits per heavy atom. The first-order chi connectivity index (χ1) is 8.78. The molecule has 0 amide bonds. The van der Waals surface area contributed by atoms with Crippen LogP contribution in [0.25, 0.3) is 0 Å². The standard InChI is InChI=1S/C14H14O3S/c1-16-9-4-5-12-10(7-9)11(15)8-13(17-12)14-3-2-6-18-14/h2-7,11,13,15H,8H2,1H3/t11-,13?/m1/s1. The van der Waals surface area contributed by atoms with Gasteiger partial charge in [0.2, 0.25) is 0 Å². The van der Waals surface area contributed by atoms with Crippen molar-refractivity contribution in [3.63, 3.8) is 0 Å². The lowest BCUT2D eigenvalue weighted by Gasteiger charge is -2.29. The van der Waals surface area contributed by atoms with Crippen LogP contribution in [0.2, 0.25) is 0 Å². The Kier molecular flexibility index (Phi) is 2.97. The van der Waals surface area contributed by atoms with E-state index in [0.717, 1.165) is 21.9 Å². The van der Waals surface area contributed by atoms with Crippen molar-refractivity contribution in [1.29, 1.82) is 0 Å². The van der Waals surface area contributed by atoms with Gasteiger partial charge in [-0.25, -0.2) is 0 Å². The zero-order chi connectivity index (χ0) is 12.5. The van der Waals surface area contributed by atoms with Gasteiger partial charge in [-0.2, -0.15) is 0 Å². The van der Waals surface area contributed by atoms with Crippen LogP contribution in [0.3, 0.4) is 0 Å². The van der Waals surface area contributed by atoms with Crippen molar-refractivity contribution in [2.75, 3.05) is 7.11 Å². The Balaban J connectivity index is 1.93. The van der Waals surface area contributed by atoms with Gasteiger partial charge < -0.3 is 14.6 Å². The summed E-state index contributed by atoms with van der Waals surface area (Å²) in [6.07, 6.45) is 0.0255. The number of benzene rings is 1. The number of fused-ring (bicyclic) bond motifs is 1. The van der Waals surface area contributed by atoms with Crippen molar-refractivity contribution in [3.05, 3.63) is 46.2 Å². The predicted octanol–water partition coefficient (Wildman–Crippen LogP) is 3.31. The first-order valence-electron chi connectivity index (χ1n) is 5.84. The van der Waals surface area contributed by atoms with Crippen LogP contribution in [-0.4, -0.2) is 12.2 Å². The van der Waals surface area contributed by atoms with Crippen molar-refractivity contribution in [2.24, 2.45) is 0 Å². The number of methoxy groups -OCH3 is 1. The molecule has 0 spiro atoms. The number of hydrogen-bond acceptors (Lipinski definition) is 4. The fraction of sp³-hybridized carbons (Fsp3) is 0.286. The van der Waals surface area contributed by atoms with Crippen LogP contribution in [-0.2, 0) is 0 Å². The minimum Gasteiger partial charge on any atom is -0.497 e. The molecule has 0 aliphatic carbocycles. The SMILES string of the molecule is COc1ccc2c(c1)[C@H](O)CC(c1cccs1)O2. The lowest BCUT2D eigenvalue weighted by Crippen LogP contribution is -2.18. The Morgan fingerprint density at radius 3 is 3.00 bits per heavy atom. The van der Waals surface area contributed by atoms with E-state index in [-0.39, 0.29) is 6.10 Å². The summed E-state index contributed by atoms with van der Waals surface area (Å²) in [6.45, 7) is 0. The normalized spacial score (nSPS) is 22.1. The van der Waals surface area contributed by atoms with Gasteiger partial charge in [-0.05, 0) is 29.6 Å². The van der Waals surface area contributed by atoms with Crippen molar-refractivity contribution in [3.8, 4) is 11.5 Å². The third kappa shape index (κ3) is 1.98. The highest BCUT2D eigenvalue weighted by molar-refractivity contribution is 7.10. The molecule has 94 valence electrons. The quantitative estimate of drug-likeness (QED) is 0.902. The van der Waals surface area contributed by atoms with E-state index in [1.54, 1.807) is 18.4 Å². The number of hydrogen-bond donors (Lipinski definition) is 1. The van der Waals surface area contributed by atoms with Gasteiger partial charge in [0, 0.05) is 16.9 Å². The van der Waals surface area contributed by atoms with Crippen molar-refractivity contribution >= 4 is 11.3 Å². The van der Waals surface area contributed by atoms with Crippen LogP contribution in [0, 0.1) is 0 Å². The van der Waals surface area contributed by atoms with E-state index in [4.69, 9.17) is 9.47 Å². The van der Waals surface area contributed by atoms with E-state index < -0.39 is 6.10 Å². The van der Waals surface area contributed by atoms with E-state index in [1.165, 1.54) is 0 Å². The monoisotopic (exact) mass is 262 g/mol. The summed E-state index contributed by atoms with van der Waals surface area (Å²) < 4.78 is 11.1. The molecule has 4 heteroatoms. The molecular formula is C14H14O3S. The fourth-order valence-electron chi connectivity index (χ4n) is 2.20. The second-order valence-electron chi connectivity index (χ2n) is 4.28. The highest BCUT2D eigenvalue weighted by atomic mass is 32.1. The van der Waals surface area contributed by atoms with Crippen LogP contribution in [0.1, 0.15) is 29.1 Å². The van der Waals surface area contributed by atoms with E-state index in [2.05, 4.69) is 0 Å². The van der Waals surface area contributed by atoms with Crippen LogP contribution >= 0.6 is 11.3 Å². The lowest BCUT2D eigenvalue weighted by molar-refractivity contribution is 0.0671. The summed E-state index contributed by atoms with van der Waals surface area (Å²) in [5.41, 5.74) is 0.808. The molecule has 2 heterocycles. The first-order valence-corrected chi connectivity index (χ1v) is 6.72. The number of thiophene rings is 1. The third-order valence-corrected chi connectivity index (χ3v) is 4.11. The molecule has 1 aromatic heterocycles. The summed E-state index contributed by atoms with van der Waals surface area (Å²) in [5, 5.41) is 12.2. The molecule has 1 N–H and O–H groups in total. The number of ether oxygens (including phenoxy) is 2. The average molecular weight is 262 g/mol. The highest BCUT2D eigenvalue weighted by Crippen LogP contribution is 2.42. The van der Waals surface area contributed by atoms with Crippen molar-refractivity contribution in [2.45, 2.75) is 18.6 Å². The average Bonchev–Trinajstić information content (AvgIpc) is 2.92. The predicted molar refractivity (Wildman–Crippen MR) is 70.3 cm³/mol. The molecule has 2 atom stereocenters. The summed E-state index contributed by atoms with van der Waals surface area (Å²) in [6, 6.07) is 9.58. The second kappa shape index (κ2) is 4.63. The van der Waals surface area contributed by atoms with Crippen LogP contribution in [0.15, 0.2) is 35.7 Å². The molecular weight excluding hydrogens is 248 g/mol. The topological polar surface area (TPSA) is 38.7 Å². The molecule has 2 aromatic rings. The van der Waals surface area contributed by atoms with Gasteiger partial charge in [0.05, 0.1) is 13.2 Å². The smallest absolute Gasteiger partial charge is 0.136 e. The maximum absolute atomic E-state index is 10.2. The number of aliphatic hydroxyl groups excluding tert-OH is 1. The molecule has 1 unspecified atom stereocenters. The molecule has 0 saturated heterocycles. The molecule has 0 bridgehead atoms. The highest BCUT2D eigenvalue weighted by Gasteiger charge is 2.28. The lowest BCUT2D eigenvalue weighted by atomic mass is 9.98. The molecule has 3 rings (SSSR count). The van der Waals surface area contributed by atoms with Gasteiger partial charge in [-0.15, -0.1) is 11.3 Å². The molecule has 1 aliphatic heterocycles. The molecule has 3 nitrogen and oxygen atoms in total. The van der Waals surface area contributed by atoms with Crippen molar-refractivity contribution < 1.29 is 14.6 Å². The van der Waals surface area contributed by atoms with E-state index >= 15 is 0 Å². The molecule has 0 fully saturated rings. The van der Waals surface area contributed by atoms with Gasteiger partial charge in [0.1, 0.15) is 17.6 Å².